The van der Waals surface area contributed by atoms with E-state index < -0.39 is 7.05 Å². The fourth-order valence-corrected chi connectivity index (χ4v) is 6.80. The van der Waals surface area contributed by atoms with Gasteiger partial charge in [-0.1, -0.05) is 67.6 Å². The number of methoxy groups -OCH3 is 1. The van der Waals surface area contributed by atoms with Gasteiger partial charge in [0.2, 0.25) is 0 Å². The molecule has 0 aliphatic heterocycles. The smallest absolute Gasteiger partial charge is 0.119 e. The summed E-state index contributed by atoms with van der Waals surface area (Å²) >= 11 is 0. The monoisotopic (exact) mass is 392 g/mol. The molecule has 3 aromatic rings. The maximum Gasteiger partial charge on any atom is 0.119 e. The molecule has 0 aliphatic carbocycles. The van der Waals surface area contributed by atoms with E-state index in [1.165, 1.54) is 10.6 Å². The van der Waals surface area contributed by atoms with Gasteiger partial charge in [0, 0.05) is 19.8 Å². The van der Waals surface area contributed by atoms with Gasteiger partial charge in [0.05, 0.1) is 12.8 Å². The Bertz CT molecular complexity index is 849. The number of nitrogens with zero attached hydrogens (tertiary/aromatic N) is 1. The molecule has 0 radical (unpaired) electrons. The molecule has 0 saturated carbocycles. The lowest BCUT2D eigenvalue weighted by Gasteiger charge is -2.26. The highest BCUT2D eigenvalue weighted by molar-refractivity contribution is 7.81. The predicted octanol–water partition coefficient (Wildman–Crippen LogP) is 5.18. The molecule has 0 saturated heterocycles. The summed E-state index contributed by atoms with van der Waals surface area (Å²) in [5.41, 5.74) is 0.998. The number of ether oxygens (including phenoxy) is 1. The SMILES string of the molecule is CCCNCCP(=Nc1ccc(OC)cc1)(c1ccccc1)c1ccccc1. The Morgan fingerprint density at radius 3 is 1.86 bits per heavy atom. The largest absolute Gasteiger partial charge is 0.497 e. The summed E-state index contributed by atoms with van der Waals surface area (Å²) in [4.78, 5) is 0. The minimum absolute atomic E-state index is 0.854. The maximum atomic E-state index is 5.42. The van der Waals surface area contributed by atoms with Crippen molar-refractivity contribution in [1.29, 1.82) is 0 Å². The molecule has 0 atom stereocenters. The third-order valence-corrected chi connectivity index (χ3v) is 8.51. The maximum absolute atomic E-state index is 5.42. The number of hydrogen-bond donors (Lipinski definition) is 1. The van der Waals surface area contributed by atoms with Crippen LogP contribution in [-0.2, 0) is 0 Å². The lowest BCUT2D eigenvalue weighted by Crippen LogP contribution is -2.26. The fourth-order valence-electron chi connectivity index (χ4n) is 3.31. The lowest BCUT2D eigenvalue weighted by molar-refractivity contribution is 0.415. The first-order valence-corrected chi connectivity index (χ1v) is 11.8. The van der Waals surface area contributed by atoms with Crippen LogP contribution in [-0.4, -0.2) is 26.4 Å². The van der Waals surface area contributed by atoms with Crippen molar-refractivity contribution in [3.05, 3.63) is 84.9 Å². The van der Waals surface area contributed by atoms with Gasteiger partial charge in [-0.3, -0.25) is 4.74 Å². The Kier molecular flexibility index (Phi) is 7.47. The third kappa shape index (κ3) is 4.92. The molecule has 3 nitrogen and oxygen atoms in total. The van der Waals surface area contributed by atoms with Crippen LogP contribution in [0.5, 0.6) is 5.75 Å². The molecule has 0 fully saturated rings. The Hall–Kier alpha value is -2.35. The zero-order valence-electron chi connectivity index (χ0n) is 16.7. The molecule has 0 bridgehead atoms. The molecule has 0 spiro atoms. The van der Waals surface area contributed by atoms with Crippen LogP contribution in [0, 0.1) is 0 Å². The van der Waals surface area contributed by atoms with Gasteiger partial charge >= 0.3 is 0 Å². The second kappa shape index (κ2) is 10.3. The van der Waals surface area contributed by atoms with E-state index in [9.17, 15) is 0 Å². The van der Waals surface area contributed by atoms with E-state index in [4.69, 9.17) is 9.48 Å². The molecule has 0 amide bonds. The Morgan fingerprint density at radius 1 is 0.786 bits per heavy atom. The summed E-state index contributed by atoms with van der Waals surface area (Å²) in [6.45, 7) is 4.18. The van der Waals surface area contributed by atoms with Crippen LogP contribution >= 0.6 is 7.05 Å². The molecular formula is C24H29N2OP. The molecule has 4 heteroatoms. The van der Waals surface area contributed by atoms with E-state index in [0.29, 0.717) is 0 Å². The minimum Gasteiger partial charge on any atom is -0.497 e. The van der Waals surface area contributed by atoms with E-state index >= 15 is 0 Å². The molecule has 0 aliphatic rings. The van der Waals surface area contributed by atoms with Crippen molar-refractivity contribution in [2.75, 3.05) is 26.4 Å². The van der Waals surface area contributed by atoms with Gasteiger partial charge in [0.25, 0.3) is 0 Å². The third-order valence-electron chi connectivity index (χ3n) is 4.76. The van der Waals surface area contributed by atoms with Gasteiger partial charge in [-0.2, -0.15) is 0 Å². The van der Waals surface area contributed by atoms with Gasteiger partial charge in [-0.05, 0) is 47.8 Å². The standard InChI is InChI=1S/C24H29N2OP/c1-3-18-25-19-20-28(23-10-6-4-7-11-23,24-12-8-5-9-13-24)26-21-14-16-22(27-2)17-15-21/h4-17,25H,3,18-20H2,1-2H3. The van der Waals surface area contributed by atoms with Crippen LogP contribution in [0.25, 0.3) is 0 Å². The quantitative estimate of drug-likeness (QED) is 0.402. The highest BCUT2D eigenvalue weighted by atomic mass is 31.2. The molecule has 0 aromatic heterocycles. The van der Waals surface area contributed by atoms with Crippen molar-refractivity contribution < 1.29 is 4.74 Å². The molecule has 1 N–H and O–H groups in total. The van der Waals surface area contributed by atoms with Gasteiger partial charge in [-0.15, -0.1) is 0 Å². The lowest BCUT2D eigenvalue weighted by atomic mass is 10.3. The summed E-state index contributed by atoms with van der Waals surface area (Å²) < 4.78 is 10.7. The zero-order valence-corrected chi connectivity index (χ0v) is 17.6. The number of hydrogen-bond acceptors (Lipinski definition) is 3. The fraction of sp³-hybridized carbons (Fsp3) is 0.250. The molecular weight excluding hydrogens is 363 g/mol. The predicted molar refractivity (Wildman–Crippen MR) is 122 cm³/mol. The minimum atomic E-state index is -1.96. The van der Waals surface area contributed by atoms with Crippen molar-refractivity contribution in [3.8, 4) is 5.75 Å². The summed E-state index contributed by atoms with van der Waals surface area (Å²) in [7, 11) is -0.274. The van der Waals surface area contributed by atoms with Crippen LogP contribution in [0.4, 0.5) is 5.69 Å². The van der Waals surface area contributed by atoms with Crippen LogP contribution in [0.2, 0.25) is 0 Å². The van der Waals surface area contributed by atoms with Gasteiger partial charge < -0.3 is 10.1 Å². The van der Waals surface area contributed by atoms with Crippen LogP contribution in [0.3, 0.4) is 0 Å². The molecule has 146 valence electrons. The highest BCUT2D eigenvalue weighted by Crippen LogP contribution is 2.49. The van der Waals surface area contributed by atoms with E-state index in [2.05, 4.69) is 85.0 Å². The van der Waals surface area contributed by atoms with Gasteiger partial charge in [0.15, 0.2) is 0 Å². The molecule has 3 rings (SSSR count). The van der Waals surface area contributed by atoms with Crippen LogP contribution in [0.1, 0.15) is 13.3 Å². The van der Waals surface area contributed by atoms with Crippen molar-refractivity contribution in [1.82, 2.24) is 5.32 Å². The molecule has 3 aromatic carbocycles. The van der Waals surface area contributed by atoms with Crippen LogP contribution in [0.15, 0.2) is 89.7 Å². The Labute approximate surface area is 168 Å². The first kappa shape index (κ1) is 20.4. The average molecular weight is 392 g/mol. The van der Waals surface area contributed by atoms with Gasteiger partial charge in [-0.25, -0.2) is 0 Å². The van der Waals surface area contributed by atoms with E-state index in [-0.39, 0.29) is 0 Å². The summed E-state index contributed by atoms with van der Waals surface area (Å²) in [6.07, 6.45) is 2.13. The molecule has 0 unspecified atom stereocenters. The van der Waals surface area contributed by atoms with E-state index in [1.54, 1.807) is 7.11 Å². The Morgan fingerprint density at radius 2 is 1.36 bits per heavy atom. The summed E-state index contributed by atoms with van der Waals surface area (Å²) in [5, 5.41) is 6.21. The second-order valence-corrected chi connectivity index (χ2v) is 9.93. The number of benzene rings is 3. The molecule has 28 heavy (non-hydrogen) atoms. The zero-order chi connectivity index (χ0) is 19.7. The Balaban J connectivity index is 2.15. The van der Waals surface area contributed by atoms with Crippen LogP contribution < -0.4 is 20.7 Å². The number of rotatable bonds is 9. The van der Waals surface area contributed by atoms with E-state index in [1.807, 2.05) is 12.1 Å². The van der Waals surface area contributed by atoms with Crippen molar-refractivity contribution in [2.24, 2.45) is 4.74 Å². The highest BCUT2D eigenvalue weighted by Gasteiger charge is 2.24. The summed E-state index contributed by atoms with van der Waals surface area (Å²) in [5.74, 6) is 0.854. The summed E-state index contributed by atoms with van der Waals surface area (Å²) in [6, 6.07) is 29.6. The first-order valence-electron chi connectivity index (χ1n) is 9.86. The van der Waals surface area contributed by atoms with Gasteiger partial charge in [0.1, 0.15) is 5.75 Å². The molecule has 0 heterocycles. The van der Waals surface area contributed by atoms with E-state index in [0.717, 1.165) is 37.1 Å². The second-order valence-electron chi connectivity index (χ2n) is 6.71. The normalized spacial score (nSPS) is 11.2. The number of nitrogens with one attached hydrogen (secondary N) is 1. The average Bonchev–Trinajstić information content (AvgIpc) is 2.77. The topological polar surface area (TPSA) is 33.6 Å². The van der Waals surface area contributed by atoms with Crippen molar-refractivity contribution in [2.45, 2.75) is 13.3 Å². The van der Waals surface area contributed by atoms with Crippen molar-refractivity contribution in [3.63, 3.8) is 0 Å². The first-order chi connectivity index (χ1) is 13.8. The van der Waals surface area contributed by atoms with Crippen molar-refractivity contribution >= 4 is 23.4 Å².